The lowest BCUT2D eigenvalue weighted by atomic mass is 9.95. The molecule has 1 N–H and O–H groups in total. The summed E-state index contributed by atoms with van der Waals surface area (Å²) in [4.78, 5) is 16.5. The molecule has 1 saturated heterocycles. The average molecular weight is 662 g/mol. The Morgan fingerprint density at radius 2 is 1.85 bits per heavy atom. The van der Waals surface area contributed by atoms with Gasteiger partial charge in [-0.05, 0) is 67.3 Å². The number of aryl methyl sites for hydroxylation is 2. The molecule has 0 spiro atoms. The van der Waals surface area contributed by atoms with E-state index in [1.165, 1.54) is 33.8 Å². The van der Waals surface area contributed by atoms with Crippen molar-refractivity contribution in [2.24, 2.45) is 0 Å². The molecule has 0 atom stereocenters. The standard InChI is InChI=1S/C34H37ClFN7O2S/c1-44-17-16-42-14-12-41(13-15-42)10-3-11-43-29-8-7-26-31-33(37-22-38-34(31)46-32(26)27(29)20-39-43)40-25-6-9-30(28(35)19-25)45-21-23-4-2-5-24(36)18-23/h2,4-6,9,18-20,22H,3,7-8,10-17,21H2,1H3,(H,37,38,40). The molecule has 4 heterocycles. The molecule has 5 aromatic rings. The van der Waals surface area contributed by atoms with Crippen LogP contribution in [-0.2, 0) is 30.7 Å². The Hall–Kier alpha value is -3.61. The first kappa shape index (κ1) is 31.0. The zero-order chi connectivity index (χ0) is 31.5. The van der Waals surface area contributed by atoms with Crippen LogP contribution < -0.4 is 10.1 Å². The molecule has 1 aliphatic heterocycles. The number of aromatic nitrogens is 4. The van der Waals surface area contributed by atoms with Crippen LogP contribution in [0.15, 0.2) is 55.0 Å². The van der Waals surface area contributed by atoms with Crippen molar-refractivity contribution in [2.75, 3.05) is 58.3 Å². The van der Waals surface area contributed by atoms with Gasteiger partial charge in [0.25, 0.3) is 0 Å². The van der Waals surface area contributed by atoms with Gasteiger partial charge in [-0.1, -0.05) is 23.7 Å². The van der Waals surface area contributed by atoms with Crippen molar-refractivity contribution in [2.45, 2.75) is 32.4 Å². The van der Waals surface area contributed by atoms with Gasteiger partial charge in [0.05, 0.1) is 23.2 Å². The van der Waals surface area contributed by atoms with Crippen molar-refractivity contribution in [1.82, 2.24) is 29.5 Å². The fraction of sp³-hybridized carbons (Fsp3) is 0.382. The van der Waals surface area contributed by atoms with Gasteiger partial charge in [-0.25, -0.2) is 14.4 Å². The summed E-state index contributed by atoms with van der Waals surface area (Å²) < 4.78 is 26.8. The van der Waals surface area contributed by atoms with Crippen LogP contribution in [-0.4, -0.2) is 82.5 Å². The summed E-state index contributed by atoms with van der Waals surface area (Å²) >= 11 is 8.28. The van der Waals surface area contributed by atoms with Crippen LogP contribution in [0.5, 0.6) is 5.75 Å². The quantitative estimate of drug-likeness (QED) is 0.164. The summed E-state index contributed by atoms with van der Waals surface area (Å²) in [7, 11) is 1.77. The van der Waals surface area contributed by atoms with Crippen molar-refractivity contribution in [3.05, 3.63) is 82.6 Å². The molecule has 46 heavy (non-hydrogen) atoms. The Kier molecular flexibility index (Phi) is 9.45. The minimum atomic E-state index is -0.293. The van der Waals surface area contributed by atoms with Gasteiger partial charge in [-0.3, -0.25) is 9.58 Å². The summed E-state index contributed by atoms with van der Waals surface area (Å²) in [6, 6.07) is 11.9. The topological polar surface area (TPSA) is 80.6 Å². The van der Waals surface area contributed by atoms with Crippen LogP contribution in [0.25, 0.3) is 20.7 Å². The first-order valence-electron chi connectivity index (χ1n) is 15.7. The zero-order valence-corrected chi connectivity index (χ0v) is 27.4. The number of nitrogens with zero attached hydrogens (tertiary/aromatic N) is 6. The Bertz CT molecular complexity index is 1820. The lowest BCUT2D eigenvalue weighted by Gasteiger charge is -2.34. The van der Waals surface area contributed by atoms with Gasteiger partial charge < -0.3 is 19.7 Å². The van der Waals surface area contributed by atoms with Crippen LogP contribution in [0.1, 0.15) is 23.2 Å². The number of methoxy groups -OCH3 is 1. The van der Waals surface area contributed by atoms with E-state index in [1.807, 2.05) is 30.5 Å². The number of rotatable bonds is 12. The van der Waals surface area contributed by atoms with Gasteiger partial charge in [0, 0.05) is 68.2 Å². The summed E-state index contributed by atoms with van der Waals surface area (Å²) in [5, 5.41) is 9.80. The second kappa shape index (κ2) is 14.0. The number of thiophene rings is 1. The molecule has 0 unspecified atom stereocenters. The van der Waals surface area contributed by atoms with Crippen molar-refractivity contribution < 1.29 is 13.9 Å². The summed E-state index contributed by atoms with van der Waals surface area (Å²) in [6.07, 6.45) is 6.56. The van der Waals surface area contributed by atoms with Gasteiger partial charge in [0.1, 0.15) is 35.1 Å². The number of hydrogen-bond acceptors (Lipinski definition) is 9. The maximum Gasteiger partial charge on any atom is 0.142 e. The summed E-state index contributed by atoms with van der Waals surface area (Å²) in [5.41, 5.74) is 5.32. The Labute approximate surface area is 276 Å². The normalized spacial score (nSPS) is 15.2. The van der Waals surface area contributed by atoms with Gasteiger partial charge >= 0.3 is 0 Å². The molecule has 0 saturated carbocycles. The minimum Gasteiger partial charge on any atom is -0.487 e. The van der Waals surface area contributed by atoms with E-state index in [0.717, 1.165) is 99.0 Å². The largest absolute Gasteiger partial charge is 0.487 e. The number of hydrogen-bond donors (Lipinski definition) is 1. The third-order valence-corrected chi connectivity index (χ3v) is 10.3. The van der Waals surface area contributed by atoms with E-state index in [4.69, 9.17) is 26.2 Å². The highest BCUT2D eigenvalue weighted by Gasteiger charge is 2.27. The third kappa shape index (κ3) is 6.74. The maximum absolute atomic E-state index is 13.5. The Morgan fingerprint density at radius 1 is 1.00 bits per heavy atom. The highest BCUT2D eigenvalue weighted by molar-refractivity contribution is 7.22. The second-order valence-electron chi connectivity index (χ2n) is 11.8. The number of fused-ring (bicyclic) bond motifs is 5. The monoisotopic (exact) mass is 661 g/mol. The number of piperazine rings is 1. The van der Waals surface area contributed by atoms with E-state index in [-0.39, 0.29) is 12.4 Å². The molecule has 3 aromatic heterocycles. The minimum absolute atomic E-state index is 0.226. The number of anilines is 2. The number of nitrogens with one attached hydrogen (secondary N) is 1. The molecule has 1 aliphatic carbocycles. The highest BCUT2D eigenvalue weighted by atomic mass is 35.5. The molecular formula is C34H37ClFN7O2S. The van der Waals surface area contributed by atoms with E-state index >= 15 is 0 Å². The molecule has 12 heteroatoms. The SMILES string of the molecule is COCCN1CCN(CCCn2ncc3c2CCc2c-3sc3ncnc(Nc4ccc(OCc5cccc(F)c5)c(Cl)c4)c23)CC1. The van der Waals surface area contributed by atoms with Crippen molar-refractivity contribution >= 4 is 44.7 Å². The van der Waals surface area contributed by atoms with Crippen LogP contribution in [0, 0.1) is 5.82 Å². The average Bonchev–Trinajstić information content (AvgIpc) is 3.66. The molecule has 9 nitrogen and oxygen atoms in total. The van der Waals surface area contributed by atoms with Gasteiger partial charge in [-0.2, -0.15) is 5.10 Å². The zero-order valence-electron chi connectivity index (χ0n) is 25.8. The van der Waals surface area contributed by atoms with Crippen LogP contribution in [0.3, 0.4) is 0 Å². The molecule has 0 amide bonds. The van der Waals surface area contributed by atoms with Crippen molar-refractivity contribution in [3.8, 4) is 16.2 Å². The van der Waals surface area contributed by atoms with Gasteiger partial charge in [0.15, 0.2) is 0 Å². The fourth-order valence-electron chi connectivity index (χ4n) is 6.36. The summed E-state index contributed by atoms with van der Waals surface area (Å²) in [6.45, 7) is 8.52. The molecule has 0 radical (unpaired) electrons. The highest BCUT2D eigenvalue weighted by Crippen LogP contribution is 2.45. The van der Waals surface area contributed by atoms with Gasteiger partial charge in [-0.15, -0.1) is 11.3 Å². The van der Waals surface area contributed by atoms with Gasteiger partial charge in [0.2, 0.25) is 0 Å². The lowest BCUT2D eigenvalue weighted by molar-refractivity contribution is 0.0957. The molecular weight excluding hydrogens is 625 g/mol. The first-order valence-corrected chi connectivity index (χ1v) is 16.9. The number of benzene rings is 2. The lowest BCUT2D eigenvalue weighted by Crippen LogP contribution is -2.47. The van der Waals surface area contributed by atoms with Crippen LogP contribution in [0.4, 0.5) is 15.9 Å². The van der Waals surface area contributed by atoms with E-state index in [0.29, 0.717) is 10.8 Å². The summed E-state index contributed by atoms with van der Waals surface area (Å²) in [5.74, 6) is 0.991. The molecule has 240 valence electrons. The Balaban J connectivity index is 1.01. The second-order valence-corrected chi connectivity index (χ2v) is 13.2. The predicted octanol–water partition coefficient (Wildman–Crippen LogP) is 6.42. The fourth-order valence-corrected chi connectivity index (χ4v) is 7.82. The first-order chi connectivity index (χ1) is 22.6. The molecule has 1 fully saturated rings. The van der Waals surface area contributed by atoms with E-state index < -0.39 is 0 Å². The smallest absolute Gasteiger partial charge is 0.142 e. The van der Waals surface area contributed by atoms with E-state index in [2.05, 4.69) is 29.8 Å². The van der Waals surface area contributed by atoms with Crippen LogP contribution >= 0.6 is 22.9 Å². The number of ether oxygens (including phenoxy) is 2. The van der Waals surface area contributed by atoms with Crippen molar-refractivity contribution in [1.29, 1.82) is 0 Å². The van der Waals surface area contributed by atoms with E-state index in [1.54, 1.807) is 30.8 Å². The molecule has 7 rings (SSSR count). The van der Waals surface area contributed by atoms with E-state index in [9.17, 15) is 4.39 Å². The molecule has 2 aromatic carbocycles. The maximum atomic E-state index is 13.5. The molecule has 2 aliphatic rings. The molecule has 0 bridgehead atoms. The van der Waals surface area contributed by atoms with Crippen LogP contribution in [0.2, 0.25) is 5.02 Å². The third-order valence-electron chi connectivity index (χ3n) is 8.79. The number of halogens is 2. The predicted molar refractivity (Wildman–Crippen MR) is 181 cm³/mol. The van der Waals surface area contributed by atoms with Crippen molar-refractivity contribution in [3.63, 3.8) is 0 Å². The Morgan fingerprint density at radius 3 is 2.65 bits per heavy atom.